The van der Waals surface area contributed by atoms with Crippen molar-refractivity contribution in [1.82, 2.24) is 10.6 Å². The summed E-state index contributed by atoms with van der Waals surface area (Å²) in [5.74, 6) is -1.63. The van der Waals surface area contributed by atoms with Crippen LogP contribution in [0.3, 0.4) is 0 Å². The largest absolute Gasteiger partial charge is 0.482 e. The van der Waals surface area contributed by atoms with Crippen molar-refractivity contribution in [2.45, 2.75) is 64.8 Å². The molecule has 2 heterocycles. The summed E-state index contributed by atoms with van der Waals surface area (Å²) in [6.07, 6.45) is 0. The third kappa shape index (κ3) is 11.2. The van der Waals surface area contributed by atoms with Crippen LogP contribution in [-0.4, -0.2) is 110 Å². The van der Waals surface area contributed by atoms with Crippen molar-refractivity contribution in [3.8, 4) is 44.9 Å². The molecule has 0 spiro atoms. The fourth-order valence-electron chi connectivity index (χ4n) is 6.96. The molecule has 4 aromatic rings. The molecule has 0 bridgehead atoms. The van der Waals surface area contributed by atoms with Crippen molar-refractivity contribution in [3.05, 3.63) is 82.8 Å². The summed E-state index contributed by atoms with van der Waals surface area (Å²) < 4.78 is 23.1. The van der Waals surface area contributed by atoms with Gasteiger partial charge in [-0.1, -0.05) is 71.7 Å². The molecule has 0 aliphatic carbocycles. The predicted molar refractivity (Wildman–Crippen MR) is 239 cm³/mol. The average molecular weight is 892 g/mol. The number of halogens is 2. The van der Waals surface area contributed by atoms with Crippen molar-refractivity contribution < 1.29 is 48.3 Å². The number of ether oxygens (including phenoxy) is 4. The zero-order valence-electron chi connectivity index (χ0n) is 35.6. The summed E-state index contributed by atoms with van der Waals surface area (Å²) in [6, 6.07) is 20.3. The number of hydrogen-bond acceptors (Lipinski definition) is 10. The SMILES string of the molecule is CC(C)(C)OC[C@H](NCCN1C(=O)COc2cc(-c3cccc(-c4cccc(-c5ccc6c(c5)OCC(=O)N6CCN[C@@H](COC(C)(C)C)C(=O)O)c4Cl)c3Cl)ccc21)C(=O)O. The van der Waals surface area contributed by atoms with E-state index in [1.54, 1.807) is 21.9 Å². The number of carbonyl (C=O) groups is 4. The molecule has 0 fully saturated rings. The number of fused-ring (bicyclic) bond motifs is 2. The number of benzene rings is 4. The first-order chi connectivity index (χ1) is 29.3. The summed E-state index contributed by atoms with van der Waals surface area (Å²) in [6.45, 7) is 11.6. The maximum atomic E-state index is 13.0. The fraction of sp³-hybridized carbons (Fsp3) is 0.391. The molecule has 62 heavy (non-hydrogen) atoms. The van der Waals surface area contributed by atoms with E-state index >= 15 is 0 Å². The third-order valence-electron chi connectivity index (χ3n) is 10.1. The molecule has 2 aliphatic rings. The highest BCUT2D eigenvalue weighted by atomic mass is 35.5. The standard InChI is InChI=1S/C46H52Cl2N4O10/c1-45(2,3)61-23-33(43(55)56)49-17-19-51-35-15-13-27(21-37(35)59-25-39(51)53)29-9-7-11-31(41(29)47)32-12-8-10-30(42(32)48)28-14-16-36-38(22-28)60-26-40(54)52(36)20-18-50-34(44(57)58)24-62-46(4,5)6/h7-16,21-22,33-34,49-50H,17-20,23-26H2,1-6H3,(H,55,56)(H,57,58)/t33-,34-/m0/s1. The summed E-state index contributed by atoms with van der Waals surface area (Å²) in [4.78, 5) is 52.8. The van der Waals surface area contributed by atoms with Crippen LogP contribution in [0.5, 0.6) is 11.5 Å². The van der Waals surface area contributed by atoms with E-state index in [2.05, 4.69) is 10.6 Å². The Balaban J connectivity index is 1.18. The van der Waals surface area contributed by atoms with E-state index in [1.165, 1.54) is 0 Å². The van der Waals surface area contributed by atoms with Gasteiger partial charge in [0.1, 0.15) is 23.6 Å². The highest BCUT2D eigenvalue weighted by Gasteiger charge is 2.30. The summed E-state index contributed by atoms with van der Waals surface area (Å²) in [5.41, 5.74) is 4.40. The topological polar surface area (TPSA) is 176 Å². The number of carboxylic acid groups (broad SMARTS) is 2. The van der Waals surface area contributed by atoms with E-state index < -0.39 is 35.2 Å². The molecule has 0 radical (unpaired) electrons. The molecule has 14 nitrogen and oxygen atoms in total. The third-order valence-corrected chi connectivity index (χ3v) is 10.9. The van der Waals surface area contributed by atoms with E-state index in [0.29, 0.717) is 55.2 Å². The molecule has 4 aromatic carbocycles. The zero-order chi connectivity index (χ0) is 44.9. The lowest BCUT2D eigenvalue weighted by Gasteiger charge is -2.30. The van der Waals surface area contributed by atoms with Crippen LogP contribution in [-0.2, 0) is 28.7 Å². The number of nitrogens with zero attached hydrogens (tertiary/aromatic N) is 2. The minimum absolute atomic E-state index is 0.0234. The molecular weight excluding hydrogens is 839 g/mol. The molecular formula is C46H52Cl2N4O10. The molecule has 2 atom stereocenters. The second-order valence-electron chi connectivity index (χ2n) is 16.9. The van der Waals surface area contributed by atoms with Gasteiger partial charge in [-0.25, -0.2) is 0 Å². The second-order valence-corrected chi connectivity index (χ2v) is 17.7. The minimum Gasteiger partial charge on any atom is -0.482 e. The Morgan fingerprint density at radius 2 is 1.02 bits per heavy atom. The van der Waals surface area contributed by atoms with Crippen LogP contribution in [0.1, 0.15) is 41.5 Å². The van der Waals surface area contributed by atoms with Gasteiger partial charge in [0.2, 0.25) is 0 Å². The van der Waals surface area contributed by atoms with E-state index in [1.807, 2.05) is 102 Å². The number of carbonyl (C=O) groups excluding carboxylic acids is 2. The summed E-state index contributed by atoms with van der Waals surface area (Å²) in [7, 11) is 0. The van der Waals surface area contributed by atoms with Gasteiger partial charge in [0, 0.05) is 48.4 Å². The van der Waals surface area contributed by atoms with Crippen molar-refractivity contribution in [1.29, 1.82) is 0 Å². The Labute approximate surface area is 371 Å². The van der Waals surface area contributed by atoms with Crippen LogP contribution >= 0.6 is 23.2 Å². The highest BCUT2D eigenvalue weighted by molar-refractivity contribution is 6.39. The molecule has 0 aromatic heterocycles. The van der Waals surface area contributed by atoms with Crippen LogP contribution in [0.4, 0.5) is 11.4 Å². The van der Waals surface area contributed by atoms with Gasteiger partial charge in [-0.15, -0.1) is 0 Å². The van der Waals surface area contributed by atoms with Gasteiger partial charge < -0.3 is 49.6 Å². The van der Waals surface area contributed by atoms with E-state index in [-0.39, 0.29) is 64.4 Å². The first-order valence-electron chi connectivity index (χ1n) is 20.2. The molecule has 0 saturated carbocycles. The van der Waals surface area contributed by atoms with Crippen LogP contribution in [0.2, 0.25) is 10.0 Å². The molecule has 0 unspecified atom stereocenters. The fourth-order valence-corrected chi connectivity index (χ4v) is 7.64. The molecule has 16 heteroatoms. The van der Waals surface area contributed by atoms with Gasteiger partial charge >= 0.3 is 11.9 Å². The number of anilines is 2. The van der Waals surface area contributed by atoms with Gasteiger partial charge in [0.05, 0.1) is 45.8 Å². The van der Waals surface area contributed by atoms with Crippen LogP contribution in [0.25, 0.3) is 33.4 Å². The maximum absolute atomic E-state index is 13.0. The maximum Gasteiger partial charge on any atom is 0.323 e. The van der Waals surface area contributed by atoms with Crippen molar-refractivity contribution in [2.75, 3.05) is 62.4 Å². The molecule has 0 saturated heterocycles. The first kappa shape index (κ1) is 46.3. The lowest BCUT2D eigenvalue weighted by molar-refractivity contribution is -0.143. The first-order valence-corrected chi connectivity index (χ1v) is 21.0. The molecule has 4 N–H and O–H groups in total. The van der Waals surface area contributed by atoms with Gasteiger partial charge in [-0.3, -0.25) is 19.2 Å². The number of carboxylic acids is 2. The molecule has 2 amide bonds. The van der Waals surface area contributed by atoms with Crippen molar-refractivity contribution in [3.63, 3.8) is 0 Å². The van der Waals surface area contributed by atoms with Crippen LogP contribution < -0.4 is 29.9 Å². The summed E-state index contributed by atoms with van der Waals surface area (Å²) >= 11 is 14.3. The monoisotopic (exact) mass is 890 g/mol. The van der Waals surface area contributed by atoms with Crippen LogP contribution in [0.15, 0.2) is 72.8 Å². The number of amides is 2. The smallest absolute Gasteiger partial charge is 0.323 e. The van der Waals surface area contributed by atoms with Crippen molar-refractivity contribution >= 4 is 58.3 Å². The van der Waals surface area contributed by atoms with E-state index in [4.69, 9.17) is 42.1 Å². The Kier molecular flexibility index (Phi) is 14.5. The molecule has 2 aliphatic heterocycles. The Morgan fingerprint density at radius 1 is 0.645 bits per heavy atom. The van der Waals surface area contributed by atoms with Gasteiger partial charge in [-0.05, 0) is 76.9 Å². The zero-order valence-corrected chi connectivity index (χ0v) is 37.1. The van der Waals surface area contributed by atoms with Gasteiger partial charge in [0.25, 0.3) is 11.8 Å². The molecule has 6 rings (SSSR count). The highest BCUT2D eigenvalue weighted by Crippen LogP contribution is 2.45. The number of hydrogen-bond donors (Lipinski definition) is 4. The number of aliphatic carboxylic acids is 2. The Morgan fingerprint density at radius 3 is 1.37 bits per heavy atom. The quantitative estimate of drug-likeness (QED) is 0.0843. The number of rotatable bonds is 17. The lowest BCUT2D eigenvalue weighted by Crippen LogP contribution is -2.48. The summed E-state index contributed by atoms with van der Waals surface area (Å²) in [5, 5.41) is 26.2. The predicted octanol–water partition coefficient (Wildman–Crippen LogP) is 7.16. The van der Waals surface area contributed by atoms with Gasteiger partial charge in [-0.2, -0.15) is 0 Å². The van der Waals surface area contributed by atoms with Crippen LogP contribution in [0, 0.1) is 0 Å². The van der Waals surface area contributed by atoms with E-state index in [9.17, 15) is 29.4 Å². The Bertz CT molecular complexity index is 2160. The normalized spacial score (nSPS) is 15.0. The Hall–Kier alpha value is -5.22. The van der Waals surface area contributed by atoms with E-state index in [0.717, 1.165) is 11.1 Å². The minimum atomic E-state index is -1.04. The second kappa shape index (κ2) is 19.4. The van der Waals surface area contributed by atoms with Gasteiger partial charge in [0.15, 0.2) is 13.2 Å². The lowest BCUT2D eigenvalue weighted by atomic mass is 9.95. The van der Waals surface area contributed by atoms with Crippen molar-refractivity contribution in [2.24, 2.45) is 0 Å². The average Bonchev–Trinajstić information content (AvgIpc) is 3.20. The number of nitrogens with one attached hydrogen (secondary N) is 2. The molecule has 330 valence electrons.